The lowest BCUT2D eigenvalue weighted by Crippen LogP contribution is -2.00. The number of para-hydroxylation sites is 2. The molecule has 0 saturated heterocycles. The molecule has 6 nitrogen and oxygen atoms in total. The Hall–Kier alpha value is -8.48. The molecular weight excluding hydrogens is 757 g/mol. The first kappa shape index (κ1) is 35.5. The van der Waals surface area contributed by atoms with Crippen molar-refractivity contribution < 1.29 is 0 Å². The molecule has 0 saturated carbocycles. The van der Waals surface area contributed by atoms with E-state index in [1.807, 2.05) is 36.4 Å². The lowest BCUT2D eigenvalue weighted by molar-refractivity contribution is 0.979. The van der Waals surface area contributed by atoms with Crippen molar-refractivity contribution in [3.05, 3.63) is 218 Å². The molecule has 0 aliphatic heterocycles. The summed E-state index contributed by atoms with van der Waals surface area (Å²) >= 11 is 0. The third-order valence-electron chi connectivity index (χ3n) is 11.8. The summed E-state index contributed by atoms with van der Waals surface area (Å²) in [6.07, 6.45) is 0. The number of benzene rings is 8. The Labute approximate surface area is 357 Å². The highest BCUT2D eigenvalue weighted by Crippen LogP contribution is 2.41. The smallest absolute Gasteiger partial charge is 0.164 e. The predicted octanol–water partition coefficient (Wildman–Crippen LogP) is 13.8. The molecule has 0 radical (unpaired) electrons. The molecule has 4 aromatic heterocycles. The Kier molecular flexibility index (Phi) is 8.38. The number of nitrogens with zero attached hydrogens (tertiary/aromatic N) is 6. The van der Waals surface area contributed by atoms with Crippen molar-refractivity contribution in [1.29, 1.82) is 0 Å². The van der Waals surface area contributed by atoms with Gasteiger partial charge in [0.1, 0.15) is 5.69 Å². The van der Waals surface area contributed by atoms with Gasteiger partial charge in [0.25, 0.3) is 0 Å². The van der Waals surface area contributed by atoms with Crippen molar-refractivity contribution >= 4 is 38.1 Å². The molecule has 0 atom stereocenters. The van der Waals surface area contributed by atoms with Crippen molar-refractivity contribution in [2.24, 2.45) is 0 Å². The minimum Gasteiger partial charge on any atom is -0.309 e. The number of hydrogen-bond acceptors (Lipinski definition) is 4. The van der Waals surface area contributed by atoms with Gasteiger partial charge in [0, 0.05) is 55.2 Å². The van der Waals surface area contributed by atoms with E-state index in [0.717, 1.165) is 88.7 Å². The topological polar surface area (TPSA) is 60.9 Å². The minimum atomic E-state index is 0.604. The Morgan fingerprint density at radius 3 is 1.53 bits per heavy atom. The van der Waals surface area contributed by atoms with Crippen molar-refractivity contribution in [2.75, 3.05) is 0 Å². The summed E-state index contributed by atoms with van der Waals surface area (Å²) in [5.41, 5.74) is 13.5. The van der Waals surface area contributed by atoms with Crippen molar-refractivity contribution in [3.63, 3.8) is 0 Å². The van der Waals surface area contributed by atoms with Gasteiger partial charge < -0.3 is 4.57 Å². The molecule has 0 bridgehead atoms. The quantitative estimate of drug-likeness (QED) is 0.161. The second-order valence-corrected chi connectivity index (χ2v) is 15.5. The Morgan fingerprint density at radius 1 is 0.339 bits per heavy atom. The van der Waals surface area contributed by atoms with E-state index in [2.05, 4.69) is 191 Å². The van der Waals surface area contributed by atoms with Gasteiger partial charge in [0.05, 0.1) is 22.2 Å². The van der Waals surface area contributed by atoms with E-state index in [4.69, 9.17) is 20.1 Å². The average Bonchev–Trinajstić information content (AvgIpc) is 3.92. The molecule has 0 aliphatic carbocycles. The van der Waals surface area contributed by atoms with Crippen LogP contribution in [0.4, 0.5) is 0 Å². The lowest BCUT2D eigenvalue weighted by atomic mass is 9.97. The third kappa shape index (κ3) is 5.96. The maximum Gasteiger partial charge on any atom is 0.164 e. The van der Waals surface area contributed by atoms with Crippen LogP contribution in [0, 0.1) is 0 Å². The fraction of sp³-hybridized carbons (Fsp3) is 0. The second kappa shape index (κ2) is 14.7. The van der Waals surface area contributed by atoms with Crippen LogP contribution in [-0.2, 0) is 0 Å². The van der Waals surface area contributed by atoms with E-state index >= 15 is 0 Å². The SMILES string of the molecule is c1ccc(-c2nc(-c3ccc(-c4cc5ccccc5c5c(-c6ccccc6)c(-c6ccccc6)nn45)cc3)nc(-c3ccc4c(c3)c3ccccc3n4-c3ccccc3)n2)cc1. The highest BCUT2D eigenvalue weighted by molar-refractivity contribution is 6.11. The zero-order valence-electron chi connectivity index (χ0n) is 33.5. The molecule has 12 rings (SSSR count). The molecular formula is C56H36N6. The van der Waals surface area contributed by atoms with Gasteiger partial charge >= 0.3 is 0 Å². The summed E-state index contributed by atoms with van der Waals surface area (Å²) < 4.78 is 4.45. The summed E-state index contributed by atoms with van der Waals surface area (Å²) in [5.74, 6) is 1.84. The van der Waals surface area contributed by atoms with Gasteiger partial charge in [-0.25, -0.2) is 19.5 Å². The monoisotopic (exact) mass is 792 g/mol. The van der Waals surface area contributed by atoms with Crippen LogP contribution < -0.4 is 0 Å². The number of hydrogen-bond donors (Lipinski definition) is 0. The first-order valence-electron chi connectivity index (χ1n) is 20.8. The normalized spacial score (nSPS) is 11.5. The van der Waals surface area contributed by atoms with Crippen LogP contribution >= 0.6 is 0 Å². The summed E-state index contributed by atoms with van der Waals surface area (Å²) in [4.78, 5) is 15.4. The summed E-state index contributed by atoms with van der Waals surface area (Å²) in [6.45, 7) is 0. The highest BCUT2D eigenvalue weighted by Gasteiger charge is 2.22. The van der Waals surface area contributed by atoms with Gasteiger partial charge in [0.15, 0.2) is 17.5 Å². The molecule has 6 heteroatoms. The maximum atomic E-state index is 5.40. The molecule has 290 valence electrons. The number of pyridine rings is 1. The fourth-order valence-electron chi connectivity index (χ4n) is 8.88. The fourth-order valence-corrected chi connectivity index (χ4v) is 8.88. The van der Waals surface area contributed by atoms with Crippen LogP contribution in [-0.4, -0.2) is 29.1 Å². The number of fused-ring (bicyclic) bond motifs is 6. The van der Waals surface area contributed by atoms with E-state index in [0.29, 0.717) is 17.5 Å². The maximum absolute atomic E-state index is 5.40. The molecule has 0 unspecified atom stereocenters. The zero-order valence-corrected chi connectivity index (χ0v) is 33.5. The molecule has 62 heavy (non-hydrogen) atoms. The summed E-state index contributed by atoms with van der Waals surface area (Å²) in [5, 5.41) is 10.0. The molecule has 0 amide bonds. The predicted molar refractivity (Wildman–Crippen MR) is 253 cm³/mol. The van der Waals surface area contributed by atoms with Gasteiger partial charge in [-0.05, 0) is 53.4 Å². The largest absolute Gasteiger partial charge is 0.309 e. The van der Waals surface area contributed by atoms with E-state index in [9.17, 15) is 0 Å². The van der Waals surface area contributed by atoms with E-state index in [1.54, 1.807) is 0 Å². The zero-order chi connectivity index (χ0) is 41.0. The van der Waals surface area contributed by atoms with E-state index in [1.165, 1.54) is 5.39 Å². The molecule has 0 spiro atoms. The van der Waals surface area contributed by atoms with Crippen LogP contribution in [0.2, 0.25) is 0 Å². The standard InChI is InChI=1S/C56H36N6/c1-5-17-38(18-6-1)51-52(39-19-7-2-8-20-39)60-62-50(36-42-23-13-14-26-45(42)53(51)62)37-29-31-41(32-30-37)55-57-54(40-21-9-3-10-22-40)58-56(59-55)43-33-34-49-47(35-43)46-27-15-16-28-48(46)61(49)44-24-11-4-12-25-44/h1-36H. The van der Waals surface area contributed by atoms with Crippen molar-refractivity contribution in [1.82, 2.24) is 29.1 Å². The number of aromatic nitrogens is 6. The Morgan fingerprint density at radius 2 is 0.839 bits per heavy atom. The average molecular weight is 793 g/mol. The molecule has 0 fully saturated rings. The van der Waals surface area contributed by atoms with Crippen molar-refractivity contribution in [2.45, 2.75) is 0 Å². The van der Waals surface area contributed by atoms with Gasteiger partial charge in [0.2, 0.25) is 0 Å². The first-order chi connectivity index (χ1) is 30.7. The second-order valence-electron chi connectivity index (χ2n) is 15.5. The summed E-state index contributed by atoms with van der Waals surface area (Å²) in [7, 11) is 0. The van der Waals surface area contributed by atoms with Crippen LogP contribution in [0.15, 0.2) is 218 Å². The molecule has 4 heterocycles. The van der Waals surface area contributed by atoms with Crippen LogP contribution in [0.1, 0.15) is 0 Å². The van der Waals surface area contributed by atoms with Crippen LogP contribution in [0.5, 0.6) is 0 Å². The Balaban J connectivity index is 1.01. The first-order valence-corrected chi connectivity index (χ1v) is 20.8. The van der Waals surface area contributed by atoms with Crippen molar-refractivity contribution in [3.8, 4) is 73.5 Å². The van der Waals surface area contributed by atoms with E-state index < -0.39 is 0 Å². The molecule has 0 aliphatic rings. The molecule has 8 aromatic carbocycles. The summed E-state index contributed by atoms with van der Waals surface area (Å²) in [6, 6.07) is 76.2. The van der Waals surface area contributed by atoms with Gasteiger partial charge in [-0.2, -0.15) is 5.10 Å². The minimum absolute atomic E-state index is 0.604. The van der Waals surface area contributed by atoms with Gasteiger partial charge in [-0.1, -0.05) is 176 Å². The third-order valence-corrected chi connectivity index (χ3v) is 11.8. The molecule has 0 N–H and O–H groups in total. The van der Waals surface area contributed by atoms with E-state index in [-0.39, 0.29) is 0 Å². The highest BCUT2D eigenvalue weighted by atomic mass is 15.2. The number of rotatable bonds is 7. The Bertz CT molecular complexity index is 3600. The van der Waals surface area contributed by atoms with Gasteiger partial charge in [-0.15, -0.1) is 0 Å². The van der Waals surface area contributed by atoms with Gasteiger partial charge in [-0.3, -0.25) is 0 Å². The lowest BCUT2D eigenvalue weighted by Gasteiger charge is -2.12. The molecule has 12 aromatic rings. The van der Waals surface area contributed by atoms with Crippen LogP contribution in [0.25, 0.3) is 112 Å². The van der Waals surface area contributed by atoms with Crippen LogP contribution in [0.3, 0.4) is 0 Å².